The minimum atomic E-state index is -5.02. The van der Waals surface area contributed by atoms with Gasteiger partial charge in [-0.05, 0) is 49.9 Å². The van der Waals surface area contributed by atoms with E-state index in [0.717, 1.165) is 25.7 Å². The van der Waals surface area contributed by atoms with Gasteiger partial charge in [-0.3, -0.25) is 4.79 Å². The molecule has 0 bridgehead atoms. The molecule has 2 aromatic heterocycles. The number of benzene rings is 1. The van der Waals surface area contributed by atoms with Crippen LogP contribution in [-0.2, 0) is 12.4 Å². The number of nitrogens with one attached hydrogen (secondary N) is 3. The average Bonchev–Trinajstić information content (AvgIpc) is 2.74. The number of rotatable bonds is 4. The van der Waals surface area contributed by atoms with Crippen LogP contribution in [0.4, 0.5) is 43.8 Å². The zero-order chi connectivity index (χ0) is 24.7. The normalized spacial score (nSPS) is 19.3. The maximum atomic E-state index is 13.2. The van der Waals surface area contributed by atoms with Gasteiger partial charge < -0.3 is 21.4 Å². The van der Waals surface area contributed by atoms with Gasteiger partial charge in [-0.2, -0.15) is 31.3 Å². The molecule has 4 rings (SSSR count). The van der Waals surface area contributed by atoms with Gasteiger partial charge in [0.25, 0.3) is 5.56 Å². The van der Waals surface area contributed by atoms with Gasteiger partial charge in [-0.1, -0.05) is 0 Å². The second kappa shape index (κ2) is 8.78. The zero-order valence-corrected chi connectivity index (χ0v) is 17.5. The van der Waals surface area contributed by atoms with Gasteiger partial charge in [-0.15, -0.1) is 0 Å². The molecular weight excluding hydrogens is 466 g/mol. The zero-order valence-electron chi connectivity index (χ0n) is 17.5. The van der Waals surface area contributed by atoms with E-state index in [1.165, 1.54) is 12.3 Å². The number of H-pyrrole nitrogens is 1. The Balaban J connectivity index is 1.77. The third kappa shape index (κ3) is 5.24. The summed E-state index contributed by atoms with van der Waals surface area (Å²) in [5.41, 5.74) is 1.91. The van der Waals surface area contributed by atoms with Gasteiger partial charge in [0.1, 0.15) is 11.2 Å². The Morgan fingerprint density at radius 2 is 1.56 bits per heavy atom. The lowest BCUT2D eigenvalue weighted by atomic mass is 9.92. The van der Waals surface area contributed by atoms with Crippen LogP contribution in [0.15, 0.2) is 35.3 Å². The number of aromatic amines is 1. The maximum absolute atomic E-state index is 13.2. The molecule has 13 heteroatoms. The van der Waals surface area contributed by atoms with E-state index in [1.54, 1.807) is 0 Å². The summed E-state index contributed by atoms with van der Waals surface area (Å²) in [5.74, 6) is -0.140. The van der Waals surface area contributed by atoms with Crippen molar-refractivity contribution in [2.75, 3.05) is 10.6 Å². The lowest BCUT2D eigenvalue weighted by Crippen LogP contribution is -2.33. The Morgan fingerprint density at radius 3 is 2.15 bits per heavy atom. The number of pyridine rings is 1. The number of anilines is 3. The number of nitrogens with zero attached hydrogens (tertiary/aromatic N) is 2. The van der Waals surface area contributed by atoms with E-state index in [1.807, 2.05) is 0 Å². The Hall–Kier alpha value is -3.35. The number of hydrogen-bond donors (Lipinski definition) is 4. The van der Waals surface area contributed by atoms with Crippen molar-refractivity contribution < 1.29 is 26.3 Å². The first-order valence-corrected chi connectivity index (χ1v) is 10.4. The SMILES string of the molecule is NC1CCC(Nc2nc(Nc3cc(C(F)(F)F)cc(C(F)(F)F)c3)c3c(=O)[nH]ccc3n2)CC1. The summed E-state index contributed by atoms with van der Waals surface area (Å²) in [7, 11) is 0. The van der Waals surface area contributed by atoms with Crippen LogP contribution in [0.2, 0.25) is 0 Å². The summed E-state index contributed by atoms with van der Waals surface area (Å²) in [6, 6.07) is 2.61. The second-order valence-electron chi connectivity index (χ2n) is 8.14. The van der Waals surface area contributed by atoms with Gasteiger partial charge in [0, 0.05) is 24.0 Å². The highest BCUT2D eigenvalue weighted by Crippen LogP contribution is 2.38. The maximum Gasteiger partial charge on any atom is 0.416 e. The van der Waals surface area contributed by atoms with E-state index in [-0.39, 0.29) is 40.8 Å². The van der Waals surface area contributed by atoms with Gasteiger partial charge in [0.05, 0.1) is 16.6 Å². The van der Waals surface area contributed by atoms with Crippen LogP contribution in [-0.4, -0.2) is 27.0 Å². The fourth-order valence-corrected chi connectivity index (χ4v) is 3.86. The predicted molar refractivity (Wildman–Crippen MR) is 114 cm³/mol. The summed E-state index contributed by atoms with van der Waals surface area (Å²) in [5, 5.41) is 5.48. The molecular formula is C21H20F6N6O. The second-order valence-corrected chi connectivity index (χ2v) is 8.14. The lowest BCUT2D eigenvalue weighted by Gasteiger charge is -2.27. The van der Waals surface area contributed by atoms with Crippen LogP contribution < -0.4 is 21.9 Å². The molecule has 1 aliphatic rings. The highest BCUT2D eigenvalue weighted by Gasteiger charge is 2.37. The van der Waals surface area contributed by atoms with Crippen molar-refractivity contribution >= 4 is 28.4 Å². The van der Waals surface area contributed by atoms with Crippen LogP contribution in [0.1, 0.15) is 36.8 Å². The van der Waals surface area contributed by atoms with Gasteiger partial charge in [-0.25, -0.2) is 4.98 Å². The molecule has 2 heterocycles. The third-order valence-electron chi connectivity index (χ3n) is 5.58. The van der Waals surface area contributed by atoms with Gasteiger partial charge >= 0.3 is 12.4 Å². The van der Waals surface area contributed by atoms with Crippen LogP contribution in [0.5, 0.6) is 0 Å². The molecule has 182 valence electrons. The number of hydrogen-bond acceptors (Lipinski definition) is 6. The molecule has 1 aliphatic carbocycles. The molecule has 0 spiro atoms. The van der Waals surface area contributed by atoms with E-state index in [0.29, 0.717) is 12.1 Å². The highest BCUT2D eigenvalue weighted by molar-refractivity contribution is 5.91. The van der Waals surface area contributed by atoms with Crippen LogP contribution >= 0.6 is 0 Å². The molecule has 3 aromatic rings. The molecule has 0 saturated heterocycles. The van der Waals surface area contributed by atoms with Crippen LogP contribution in [0.25, 0.3) is 10.9 Å². The first-order chi connectivity index (χ1) is 15.9. The Labute approximate surface area is 188 Å². The Kier molecular flexibility index (Phi) is 6.14. The number of alkyl halides is 6. The highest BCUT2D eigenvalue weighted by atomic mass is 19.4. The molecule has 0 aliphatic heterocycles. The summed E-state index contributed by atoms with van der Waals surface area (Å²) in [6.07, 6.45) is -5.67. The number of aromatic nitrogens is 3. The van der Waals surface area contributed by atoms with Crippen molar-refractivity contribution in [3.05, 3.63) is 51.9 Å². The summed E-state index contributed by atoms with van der Waals surface area (Å²) < 4.78 is 79.5. The molecule has 1 aromatic carbocycles. The number of halogens is 6. The van der Waals surface area contributed by atoms with Gasteiger partial charge in [0.2, 0.25) is 5.95 Å². The first-order valence-electron chi connectivity index (χ1n) is 10.4. The molecule has 0 atom stereocenters. The summed E-state index contributed by atoms with van der Waals surface area (Å²) in [6.45, 7) is 0. The quantitative estimate of drug-likeness (QED) is 0.396. The largest absolute Gasteiger partial charge is 0.416 e. The van der Waals surface area contributed by atoms with E-state index in [2.05, 4.69) is 25.6 Å². The van der Waals surface area contributed by atoms with Crippen molar-refractivity contribution in [3.8, 4) is 0 Å². The molecule has 0 radical (unpaired) electrons. The third-order valence-corrected chi connectivity index (χ3v) is 5.58. The number of fused-ring (bicyclic) bond motifs is 1. The van der Waals surface area contributed by atoms with Crippen molar-refractivity contribution in [1.29, 1.82) is 0 Å². The Bertz CT molecular complexity index is 1210. The number of nitrogens with two attached hydrogens (primary N) is 1. The molecule has 0 unspecified atom stereocenters. The minimum absolute atomic E-state index is 0.0162. The molecule has 0 amide bonds. The van der Waals surface area contributed by atoms with Crippen LogP contribution in [0, 0.1) is 0 Å². The summed E-state index contributed by atoms with van der Waals surface area (Å²) in [4.78, 5) is 23.3. The predicted octanol–water partition coefficient (Wildman–Crippen LogP) is 4.78. The standard InChI is InChI=1S/C21H20F6N6O/c22-20(23,24)10-7-11(21(25,26)27)9-14(8-10)30-17-16-15(5-6-29-18(16)34)32-19(33-17)31-13-3-1-12(28)2-4-13/h5-9,12-13H,1-4,28H2,(H,29,34)(H2,30,31,32,33). The molecule has 1 saturated carbocycles. The van der Waals surface area contributed by atoms with E-state index in [4.69, 9.17) is 5.73 Å². The first kappa shape index (κ1) is 23.8. The Morgan fingerprint density at radius 1 is 0.941 bits per heavy atom. The van der Waals surface area contributed by atoms with E-state index >= 15 is 0 Å². The lowest BCUT2D eigenvalue weighted by molar-refractivity contribution is -0.143. The van der Waals surface area contributed by atoms with Gasteiger partial charge in [0.15, 0.2) is 0 Å². The summed E-state index contributed by atoms with van der Waals surface area (Å²) >= 11 is 0. The fraction of sp³-hybridized carbons (Fsp3) is 0.381. The molecule has 5 N–H and O–H groups in total. The van der Waals surface area contributed by atoms with Crippen molar-refractivity contribution in [2.45, 2.75) is 50.1 Å². The molecule has 1 fully saturated rings. The van der Waals surface area contributed by atoms with E-state index < -0.39 is 34.7 Å². The van der Waals surface area contributed by atoms with E-state index in [9.17, 15) is 31.1 Å². The van der Waals surface area contributed by atoms with Crippen molar-refractivity contribution in [3.63, 3.8) is 0 Å². The fourth-order valence-electron chi connectivity index (χ4n) is 3.86. The van der Waals surface area contributed by atoms with Crippen molar-refractivity contribution in [2.24, 2.45) is 5.73 Å². The minimum Gasteiger partial charge on any atom is -0.351 e. The molecule has 34 heavy (non-hydrogen) atoms. The topological polar surface area (TPSA) is 109 Å². The molecule has 7 nitrogen and oxygen atoms in total. The van der Waals surface area contributed by atoms with Crippen LogP contribution in [0.3, 0.4) is 0 Å². The van der Waals surface area contributed by atoms with Crippen molar-refractivity contribution in [1.82, 2.24) is 15.0 Å². The average molecular weight is 486 g/mol. The smallest absolute Gasteiger partial charge is 0.351 e. The monoisotopic (exact) mass is 486 g/mol.